The molecule has 38 heavy (non-hydrogen) atoms. The lowest BCUT2D eigenvalue weighted by atomic mass is 10.0. The Morgan fingerprint density at radius 1 is 0.447 bits per heavy atom. The fourth-order valence-corrected chi connectivity index (χ4v) is 5.08. The monoisotopic (exact) mass is 509 g/mol. The summed E-state index contributed by atoms with van der Waals surface area (Å²) < 4.78 is 6.13. The second-order valence-electron chi connectivity index (χ2n) is 9.01. The van der Waals surface area contributed by atoms with Crippen LogP contribution in [0.2, 0.25) is 5.02 Å². The summed E-state index contributed by atoms with van der Waals surface area (Å²) in [6, 6.07) is 40.1. The number of fused-ring (bicyclic) bond motifs is 3. The average molecular weight is 510 g/mol. The highest BCUT2D eigenvalue weighted by Crippen LogP contribution is 2.39. The minimum atomic E-state index is 0.562. The first-order valence-electron chi connectivity index (χ1n) is 12.3. The third kappa shape index (κ3) is 3.92. The van der Waals surface area contributed by atoms with Crippen LogP contribution in [0.15, 0.2) is 126 Å². The molecule has 2 heterocycles. The molecular formula is C33H20ClN3O. The number of benzene rings is 5. The molecule has 7 rings (SSSR count). The highest BCUT2D eigenvalue weighted by atomic mass is 35.5. The van der Waals surface area contributed by atoms with Gasteiger partial charge in [-0.15, -0.1) is 0 Å². The summed E-state index contributed by atoms with van der Waals surface area (Å²) in [6.07, 6.45) is 0. The van der Waals surface area contributed by atoms with Crippen LogP contribution < -0.4 is 0 Å². The molecular weight excluding hydrogens is 490 g/mol. The first-order valence-corrected chi connectivity index (χ1v) is 12.7. The van der Waals surface area contributed by atoms with E-state index in [2.05, 4.69) is 24.3 Å². The van der Waals surface area contributed by atoms with Gasteiger partial charge in [-0.25, -0.2) is 15.0 Å². The molecule has 4 nitrogen and oxygen atoms in total. The molecule has 0 aliphatic rings. The van der Waals surface area contributed by atoms with Gasteiger partial charge < -0.3 is 4.42 Å². The minimum Gasteiger partial charge on any atom is -0.456 e. The van der Waals surface area contributed by atoms with Crippen molar-refractivity contribution in [2.45, 2.75) is 0 Å². The predicted octanol–water partition coefficient (Wildman–Crippen LogP) is 9.09. The Morgan fingerprint density at radius 3 is 1.76 bits per heavy atom. The van der Waals surface area contributed by atoms with Gasteiger partial charge in [0.1, 0.15) is 11.2 Å². The molecule has 0 amide bonds. The standard InChI is InChI=1S/C33H20ClN3O/c34-26-17-9-19-28-30(26)29-25(16-8-18-27(29)38-28)33-36-31(22-12-5-2-6-13-22)35-32(37-33)24-15-7-14-23(20-24)21-10-3-1-4-11-21/h1-20H. The van der Waals surface area contributed by atoms with E-state index in [4.69, 9.17) is 31.0 Å². The van der Waals surface area contributed by atoms with Gasteiger partial charge in [-0.2, -0.15) is 0 Å². The van der Waals surface area contributed by atoms with E-state index in [0.717, 1.165) is 49.8 Å². The molecule has 2 aromatic heterocycles. The van der Waals surface area contributed by atoms with Gasteiger partial charge in [0, 0.05) is 27.5 Å². The van der Waals surface area contributed by atoms with E-state index in [9.17, 15) is 0 Å². The van der Waals surface area contributed by atoms with Crippen molar-refractivity contribution in [1.29, 1.82) is 0 Å². The van der Waals surface area contributed by atoms with E-state index in [1.165, 1.54) is 0 Å². The molecule has 5 heteroatoms. The van der Waals surface area contributed by atoms with E-state index >= 15 is 0 Å². The van der Waals surface area contributed by atoms with E-state index < -0.39 is 0 Å². The van der Waals surface area contributed by atoms with Crippen molar-refractivity contribution in [3.63, 3.8) is 0 Å². The summed E-state index contributed by atoms with van der Waals surface area (Å²) in [6.45, 7) is 0. The number of hydrogen-bond acceptors (Lipinski definition) is 4. The van der Waals surface area contributed by atoms with Crippen LogP contribution in [0.4, 0.5) is 0 Å². The Kier molecular flexibility index (Phi) is 5.46. The molecule has 0 unspecified atom stereocenters. The van der Waals surface area contributed by atoms with Crippen molar-refractivity contribution in [2.75, 3.05) is 0 Å². The third-order valence-electron chi connectivity index (χ3n) is 6.61. The summed E-state index contributed by atoms with van der Waals surface area (Å²) in [5.74, 6) is 1.77. The van der Waals surface area contributed by atoms with Crippen molar-refractivity contribution in [2.24, 2.45) is 0 Å². The Labute approximate surface area is 224 Å². The quantitative estimate of drug-likeness (QED) is 0.237. The molecule has 0 aliphatic heterocycles. The van der Waals surface area contributed by atoms with Crippen molar-refractivity contribution < 1.29 is 4.42 Å². The lowest BCUT2D eigenvalue weighted by Gasteiger charge is -2.10. The Bertz CT molecular complexity index is 1930. The number of halogens is 1. The Balaban J connectivity index is 1.48. The largest absolute Gasteiger partial charge is 0.456 e. The third-order valence-corrected chi connectivity index (χ3v) is 6.92. The molecule has 5 aromatic carbocycles. The zero-order valence-electron chi connectivity index (χ0n) is 20.2. The molecule has 0 spiro atoms. The lowest BCUT2D eigenvalue weighted by Crippen LogP contribution is -2.00. The zero-order chi connectivity index (χ0) is 25.5. The first-order chi connectivity index (χ1) is 18.7. The molecule has 0 radical (unpaired) electrons. The average Bonchev–Trinajstić information content (AvgIpc) is 3.38. The van der Waals surface area contributed by atoms with Gasteiger partial charge in [0.2, 0.25) is 0 Å². The summed E-state index contributed by atoms with van der Waals surface area (Å²) in [4.78, 5) is 14.8. The summed E-state index contributed by atoms with van der Waals surface area (Å²) in [7, 11) is 0. The molecule has 0 aliphatic carbocycles. The van der Waals surface area contributed by atoms with E-state index in [-0.39, 0.29) is 0 Å². The number of hydrogen-bond donors (Lipinski definition) is 0. The van der Waals surface area contributed by atoms with Crippen LogP contribution in [0.1, 0.15) is 0 Å². The van der Waals surface area contributed by atoms with Crippen LogP contribution in [0, 0.1) is 0 Å². The summed E-state index contributed by atoms with van der Waals surface area (Å²) in [5, 5.41) is 2.37. The van der Waals surface area contributed by atoms with Crippen LogP contribution >= 0.6 is 11.6 Å². The number of nitrogens with zero attached hydrogens (tertiary/aromatic N) is 3. The minimum absolute atomic E-state index is 0.562. The van der Waals surface area contributed by atoms with Gasteiger partial charge in [0.25, 0.3) is 0 Å². The van der Waals surface area contributed by atoms with Gasteiger partial charge >= 0.3 is 0 Å². The summed E-state index contributed by atoms with van der Waals surface area (Å²) >= 11 is 6.65. The normalized spacial score (nSPS) is 11.3. The zero-order valence-corrected chi connectivity index (χ0v) is 20.9. The Morgan fingerprint density at radius 2 is 1.00 bits per heavy atom. The van der Waals surface area contributed by atoms with Gasteiger partial charge in [-0.05, 0) is 35.4 Å². The van der Waals surface area contributed by atoms with Gasteiger partial charge in [0.05, 0.1) is 5.02 Å². The van der Waals surface area contributed by atoms with E-state index in [0.29, 0.717) is 22.5 Å². The molecule has 0 saturated heterocycles. The molecule has 0 atom stereocenters. The maximum atomic E-state index is 6.65. The molecule has 7 aromatic rings. The van der Waals surface area contributed by atoms with Gasteiger partial charge in [0.15, 0.2) is 17.5 Å². The fraction of sp³-hybridized carbons (Fsp3) is 0. The predicted molar refractivity (Wildman–Crippen MR) is 154 cm³/mol. The molecule has 0 N–H and O–H groups in total. The maximum absolute atomic E-state index is 6.65. The van der Waals surface area contributed by atoms with Crippen LogP contribution in [0.25, 0.3) is 67.2 Å². The van der Waals surface area contributed by atoms with Crippen LogP contribution in [-0.2, 0) is 0 Å². The van der Waals surface area contributed by atoms with E-state index in [1.807, 2.05) is 97.1 Å². The second kappa shape index (κ2) is 9.25. The molecule has 0 bridgehead atoms. The smallest absolute Gasteiger partial charge is 0.164 e. The SMILES string of the molecule is Clc1cccc2oc3cccc(-c4nc(-c5ccccc5)nc(-c5cccc(-c6ccccc6)c5)n4)c3c12. The van der Waals surface area contributed by atoms with Crippen molar-refractivity contribution in [3.05, 3.63) is 126 Å². The van der Waals surface area contributed by atoms with Crippen molar-refractivity contribution in [3.8, 4) is 45.3 Å². The number of aromatic nitrogens is 3. The lowest BCUT2D eigenvalue weighted by molar-refractivity contribution is 0.669. The van der Waals surface area contributed by atoms with E-state index in [1.54, 1.807) is 0 Å². The first kappa shape index (κ1) is 22.4. The van der Waals surface area contributed by atoms with Crippen molar-refractivity contribution >= 4 is 33.5 Å². The van der Waals surface area contributed by atoms with Crippen LogP contribution in [-0.4, -0.2) is 15.0 Å². The highest BCUT2D eigenvalue weighted by Gasteiger charge is 2.19. The van der Waals surface area contributed by atoms with Gasteiger partial charge in [-0.3, -0.25) is 0 Å². The van der Waals surface area contributed by atoms with Gasteiger partial charge in [-0.1, -0.05) is 109 Å². The number of furan rings is 1. The molecule has 180 valence electrons. The van der Waals surface area contributed by atoms with Crippen LogP contribution in [0.3, 0.4) is 0 Å². The maximum Gasteiger partial charge on any atom is 0.164 e. The number of rotatable bonds is 4. The van der Waals surface area contributed by atoms with Crippen molar-refractivity contribution in [1.82, 2.24) is 15.0 Å². The topological polar surface area (TPSA) is 51.8 Å². The molecule has 0 fully saturated rings. The molecule has 0 saturated carbocycles. The second-order valence-corrected chi connectivity index (χ2v) is 9.42. The summed E-state index contributed by atoms with van der Waals surface area (Å²) in [5.41, 5.74) is 6.37. The van der Waals surface area contributed by atoms with Crippen LogP contribution in [0.5, 0.6) is 0 Å². The fourth-order valence-electron chi connectivity index (χ4n) is 4.82. The Hall–Kier alpha value is -4.80. The highest BCUT2D eigenvalue weighted by molar-refractivity contribution is 6.38.